The molecule has 124 valence electrons. The summed E-state index contributed by atoms with van der Waals surface area (Å²) in [6.07, 6.45) is 0. The third-order valence-corrected chi connectivity index (χ3v) is 4.14. The van der Waals surface area contributed by atoms with Crippen LogP contribution in [-0.2, 0) is 19.6 Å². The van der Waals surface area contributed by atoms with Crippen LogP contribution in [0.15, 0.2) is 18.2 Å². The fourth-order valence-electron chi connectivity index (χ4n) is 2.08. The van der Waals surface area contributed by atoms with Gasteiger partial charge in [-0.2, -0.15) is 8.42 Å². The maximum absolute atomic E-state index is 12.1. The first kappa shape index (κ1) is 18.5. The van der Waals surface area contributed by atoms with E-state index in [1.807, 2.05) is 45.9 Å². The van der Waals surface area contributed by atoms with Crippen LogP contribution in [0, 0.1) is 0 Å². The maximum Gasteiger partial charge on any atom is 0.324 e. The molecule has 22 heavy (non-hydrogen) atoms. The van der Waals surface area contributed by atoms with E-state index < -0.39 is 21.8 Å². The zero-order valence-electron chi connectivity index (χ0n) is 13.8. The van der Waals surface area contributed by atoms with Crippen LogP contribution in [0.25, 0.3) is 0 Å². The summed E-state index contributed by atoms with van der Waals surface area (Å²) in [6.45, 7) is 9.60. The van der Waals surface area contributed by atoms with Crippen molar-refractivity contribution in [2.24, 2.45) is 0 Å². The van der Waals surface area contributed by atoms with Gasteiger partial charge in [0.05, 0.1) is 6.61 Å². The Hall–Kier alpha value is -1.56. The van der Waals surface area contributed by atoms with Crippen LogP contribution in [0.5, 0.6) is 5.75 Å². The quantitative estimate of drug-likeness (QED) is 0.568. The second-order valence-electron chi connectivity index (χ2n) is 5.67. The van der Waals surface area contributed by atoms with E-state index in [2.05, 4.69) is 4.74 Å². The summed E-state index contributed by atoms with van der Waals surface area (Å²) in [4.78, 5) is 11.4. The van der Waals surface area contributed by atoms with Gasteiger partial charge in [0, 0.05) is 0 Å². The van der Waals surface area contributed by atoms with E-state index in [0.717, 1.165) is 11.1 Å². The molecule has 1 rings (SSSR count). The minimum Gasteiger partial charge on any atom is -0.465 e. The number of hydrogen-bond donors (Lipinski definition) is 0. The molecule has 5 nitrogen and oxygen atoms in total. The molecule has 0 fully saturated rings. The Labute approximate surface area is 132 Å². The van der Waals surface area contributed by atoms with Crippen LogP contribution in [0.3, 0.4) is 0 Å². The molecule has 0 aliphatic rings. The summed E-state index contributed by atoms with van der Waals surface area (Å²) in [5.41, 5.74) is 1.61. The highest BCUT2D eigenvalue weighted by atomic mass is 32.2. The monoisotopic (exact) mass is 328 g/mol. The molecule has 0 radical (unpaired) electrons. The molecule has 0 spiro atoms. The van der Waals surface area contributed by atoms with Gasteiger partial charge >= 0.3 is 16.1 Å². The molecule has 0 saturated carbocycles. The van der Waals surface area contributed by atoms with Crippen molar-refractivity contribution in [3.05, 3.63) is 29.3 Å². The summed E-state index contributed by atoms with van der Waals surface area (Å²) in [5.74, 6) is -1.06. The molecular weight excluding hydrogens is 304 g/mol. The van der Waals surface area contributed by atoms with Gasteiger partial charge in [-0.1, -0.05) is 45.9 Å². The molecule has 0 aromatic heterocycles. The highest BCUT2D eigenvalue weighted by Gasteiger charge is 2.24. The molecule has 1 aromatic rings. The molecular formula is C16H24O5S. The van der Waals surface area contributed by atoms with Crippen LogP contribution >= 0.6 is 0 Å². The Bertz CT molecular complexity index is 591. The lowest BCUT2D eigenvalue weighted by atomic mass is 9.94. The predicted octanol–water partition coefficient (Wildman–Crippen LogP) is 3.21. The summed E-state index contributed by atoms with van der Waals surface area (Å²) < 4.78 is 34.2. The first-order valence-corrected chi connectivity index (χ1v) is 8.96. The van der Waals surface area contributed by atoms with Crippen LogP contribution in [-0.4, -0.2) is 26.7 Å². The Balaban J connectivity index is 3.17. The summed E-state index contributed by atoms with van der Waals surface area (Å²) >= 11 is 0. The average molecular weight is 328 g/mol. The van der Waals surface area contributed by atoms with E-state index in [1.54, 1.807) is 6.92 Å². The summed E-state index contributed by atoms with van der Waals surface area (Å²) in [6, 6.07) is 5.56. The number of rotatable bonds is 7. The lowest BCUT2D eigenvalue weighted by Gasteiger charge is -2.19. The molecule has 0 aliphatic carbocycles. The fraction of sp³-hybridized carbons (Fsp3) is 0.562. The largest absolute Gasteiger partial charge is 0.465 e. The number of ether oxygens (including phenoxy) is 1. The van der Waals surface area contributed by atoms with Gasteiger partial charge in [0.2, 0.25) is 0 Å². The van der Waals surface area contributed by atoms with Crippen molar-refractivity contribution in [3.63, 3.8) is 0 Å². The summed E-state index contributed by atoms with van der Waals surface area (Å²) in [5, 5.41) is 0. The Morgan fingerprint density at radius 2 is 1.59 bits per heavy atom. The highest BCUT2D eigenvalue weighted by Crippen LogP contribution is 2.35. The average Bonchev–Trinajstić information content (AvgIpc) is 2.37. The van der Waals surface area contributed by atoms with Crippen LogP contribution in [0.2, 0.25) is 0 Å². The Morgan fingerprint density at radius 1 is 1.09 bits per heavy atom. The molecule has 0 heterocycles. The number of carbonyl (C=O) groups is 1. The lowest BCUT2D eigenvalue weighted by molar-refractivity contribution is -0.140. The van der Waals surface area contributed by atoms with E-state index in [1.165, 1.54) is 0 Å². The maximum atomic E-state index is 12.1. The molecule has 0 unspecified atom stereocenters. The Kier molecular flexibility index (Phi) is 6.41. The van der Waals surface area contributed by atoms with E-state index in [-0.39, 0.29) is 18.4 Å². The van der Waals surface area contributed by atoms with Gasteiger partial charge in [-0.05, 0) is 29.9 Å². The van der Waals surface area contributed by atoms with Gasteiger partial charge in [0.1, 0.15) is 5.75 Å². The molecule has 0 aliphatic heterocycles. The lowest BCUT2D eigenvalue weighted by Crippen LogP contribution is -2.23. The van der Waals surface area contributed by atoms with Crippen molar-refractivity contribution in [1.29, 1.82) is 0 Å². The van der Waals surface area contributed by atoms with Crippen LogP contribution in [0.4, 0.5) is 0 Å². The minimum atomic E-state index is -4.04. The van der Waals surface area contributed by atoms with Crippen molar-refractivity contribution in [2.75, 3.05) is 12.4 Å². The van der Waals surface area contributed by atoms with Gasteiger partial charge < -0.3 is 8.92 Å². The van der Waals surface area contributed by atoms with Crippen molar-refractivity contribution in [1.82, 2.24) is 0 Å². The molecule has 0 amide bonds. The fourth-order valence-corrected chi connectivity index (χ4v) is 2.96. The van der Waals surface area contributed by atoms with Crippen molar-refractivity contribution in [3.8, 4) is 5.75 Å². The number of benzene rings is 1. The molecule has 0 bridgehead atoms. The topological polar surface area (TPSA) is 69.7 Å². The van der Waals surface area contributed by atoms with Crippen molar-refractivity contribution >= 4 is 16.1 Å². The van der Waals surface area contributed by atoms with Gasteiger partial charge in [-0.25, -0.2) is 0 Å². The van der Waals surface area contributed by atoms with E-state index in [9.17, 15) is 13.2 Å². The van der Waals surface area contributed by atoms with Gasteiger partial charge in [-0.15, -0.1) is 0 Å². The molecule has 6 heteroatoms. The van der Waals surface area contributed by atoms with Crippen molar-refractivity contribution in [2.45, 2.75) is 46.5 Å². The van der Waals surface area contributed by atoms with Crippen LogP contribution in [0.1, 0.15) is 57.6 Å². The molecule has 0 atom stereocenters. The zero-order chi connectivity index (χ0) is 16.9. The normalized spacial score (nSPS) is 11.8. The molecule has 1 aromatic carbocycles. The zero-order valence-corrected chi connectivity index (χ0v) is 14.6. The standard InChI is InChI=1S/C16H24O5S/c1-6-20-15(17)10-22(18,19)21-16-13(11(2)3)8-7-9-14(16)12(4)5/h7-9,11-12H,6,10H2,1-5H3. The SMILES string of the molecule is CCOC(=O)CS(=O)(=O)Oc1c(C(C)C)cccc1C(C)C. The van der Waals surface area contributed by atoms with Gasteiger partial charge in [-0.3, -0.25) is 4.79 Å². The highest BCUT2D eigenvalue weighted by molar-refractivity contribution is 7.87. The first-order chi connectivity index (χ1) is 10.2. The van der Waals surface area contributed by atoms with Gasteiger partial charge in [0.15, 0.2) is 5.75 Å². The third-order valence-electron chi connectivity index (χ3n) is 3.13. The second kappa shape index (κ2) is 7.63. The number of esters is 1. The van der Waals surface area contributed by atoms with E-state index >= 15 is 0 Å². The van der Waals surface area contributed by atoms with Crippen LogP contribution < -0.4 is 4.18 Å². The summed E-state index contributed by atoms with van der Waals surface area (Å²) in [7, 11) is -4.04. The predicted molar refractivity (Wildman–Crippen MR) is 85.7 cm³/mol. The van der Waals surface area contributed by atoms with E-state index in [4.69, 9.17) is 4.18 Å². The number of hydrogen-bond acceptors (Lipinski definition) is 5. The second-order valence-corrected chi connectivity index (χ2v) is 7.24. The third kappa shape index (κ3) is 5.02. The number of para-hydroxylation sites is 1. The smallest absolute Gasteiger partial charge is 0.324 e. The first-order valence-electron chi connectivity index (χ1n) is 7.38. The minimum absolute atomic E-state index is 0.103. The van der Waals surface area contributed by atoms with Gasteiger partial charge in [0.25, 0.3) is 0 Å². The molecule has 0 saturated heterocycles. The van der Waals surface area contributed by atoms with Crippen molar-refractivity contribution < 1.29 is 22.1 Å². The Morgan fingerprint density at radius 3 is 2.00 bits per heavy atom. The molecule has 0 N–H and O–H groups in total. The number of carbonyl (C=O) groups excluding carboxylic acids is 1. The van der Waals surface area contributed by atoms with E-state index in [0.29, 0.717) is 5.75 Å².